The summed E-state index contributed by atoms with van der Waals surface area (Å²) in [7, 11) is 0. The van der Waals surface area contributed by atoms with E-state index in [1.165, 1.54) is 52.1 Å². The number of halogens is 1. The normalized spacial score (nSPS) is 21.6. The summed E-state index contributed by atoms with van der Waals surface area (Å²) in [6.07, 6.45) is 2.73. The third-order valence-corrected chi connectivity index (χ3v) is 4.66. The molecule has 0 amide bonds. The molecule has 0 aromatic rings. The molecule has 1 aliphatic rings. The lowest BCUT2D eigenvalue weighted by molar-refractivity contribution is 0.160. The highest BCUT2D eigenvalue weighted by atomic mass is 79.9. The molecule has 0 spiro atoms. The predicted molar refractivity (Wildman–Crippen MR) is 75.3 cm³/mol. The Kier molecular flexibility index (Phi) is 6.94. The second kappa shape index (κ2) is 7.67. The molecule has 1 aliphatic heterocycles. The van der Waals surface area contributed by atoms with Gasteiger partial charge in [0.1, 0.15) is 0 Å². The van der Waals surface area contributed by atoms with Crippen molar-refractivity contribution < 1.29 is 0 Å². The molecule has 0 N–H and O–H groups in total. The predicted octanol–water partition coefficient (Wildman–Crippen LogP) is 2.82. The number of rotatable bonds is 6. The summed E-state index contributed by atoms with van der Waals surface area (Å²) in [6, 6.07) is 0. The number of likely N-dealkylation sites (N-methyl/N-ethyl adjacent to an activating group) is 1. The number of hydrogen-bond acceptors (Lipinski definition) is 2. The maximum atomic E-state index is 3.71. The number of alkyl halides is 1. The second-order valence-corrected chi connectivity index (χ2v) is 6.33. The van der Waals surface area contributed by atoms with Crippen LogP contribution in [0.1, 0.15) is 33.6 Å². The van der Waals surface area contributed by atoms with Gasteiger partial charge < -0.3 is 9.80 Å². The minimum atomic E-state index is 0.692. The molecule has 1 unspecified atom stereocenters. The van der Waals surface area contributed by atoms with Gasteiger partial charge in [0.25, 0.3) is 0 Å². The fourth-order valence-electron chi connectivity index (χ4n) is 2.46. The smallest absolute Gasteiger partial charge is 0.0146 e. The van der Waals surface area contributed by atoms with Gasteiger partial charge in [-0.2, -0.15) is 0 Å². The maximum Gasteiger partial charge on any atom is 0.0146 e. The van der Waals surface area contributed by atoms with Crippen molar-refractivity contribution in [2.24, 2.45) is 5.92 Å². The Morgan fingerprint density at radius 2 is 1.81 bits per heavy atom. The molecule has 0 radical (unpaired) electrons. The zero-order valence-corrected chi connectivity index (χ0v) is 12.7. The van der Waals surface area contributed by atoms with Crippen LogP contribution in [-0.2, 0) is 0 Å². The molecule has 1 saturated heterocycles. The number of piperidine rings is 1. The van der Waals surface area contributed by atoms with E-state index in [9.17, 15) is 0 Å². The molecular formula is C13H27BrN2. The quantitative estimate of drug-likeness (QED) is 0.694. The van der Waals surface area contributed by atoms with Crippen molar-refractivity contribution in [3.05, 3.63) is 0 Å². The van der Waals surface area contributed by atoms with Gasteiger partial charge in [0.05, 0.1) is 0 Å². The van der Waals surface area contributed by atoms with Gasteiger partial charge in [-0.05, 0) is 44.9 Å². The van der Waals surface area contributed by atoms with Crippen LogP contribution >= 0.6 is 15.9 Å². The van der Waals surface area contributed by atoms with Crippen LogP contribution in [0.5, 0.6) is 0 Å². The topological polar surface area (TPSA) is 6.48 Å². The average molecular weight is 291 g/mol. The molecular weight excluding hydrogens is 264 g/mol. The standard InChI is InChI=1S/C13H27BrN2/c1-4-15(5-2)10-11-16-8-6-13(7-9-16)12(3)14/h12-13H,4-11H2,1-3H3. The Balaban J connectivity index is 2.17. The van der Waals surface area contributed by atoms with Gasteiger partial charge in [0.2, 0.25) is 0 Å². The van der Waals surface area contributed by atoms with Crippen LogP contribution < -0.4 is 0 Å². The highest BCUT2D eigenvalue weighted by Crippen LogP contribution is 2.24. The van der Waals surface area contributed by atoms with Crippen LogP contribution in [0.25, 0.3) is 0 Å². The summed E-state index contributed by atoms with van der Waals surface area (Å²) in [5.74, 6) is 0.893. The molecule has 96 valence electrons. The summed E-state index contributed by atoms with van der Waals surface area (Å²) in [4.78, 5) is 5.83. The van der Waals surface area contributed by atoms with E-state index in [0.717, 1.165) is 5.92 Å². The first-order chi connectivity index (χ1) is 7.67. The van der Waals surface area contributed by atoms with Gasteiger partial charge in [0, 0.05) is 17.9 Å². The van der Waals surface area contributed by atoms with Crippen molar-refractivity contribution in [3.63, 3.8) is 0 Å². The largest absolute Gasteiger partial charge is 0.303 e. The number of nitrogens with zero attached hydrogens (tertiary/aromatic N) is 2. The SMILES string of the molecule is CCN(CC)CCN1CCC(C(C)Br)CC1. The Bertz CT molecular complexity index is 173. The van der Waals surface area contributed by atoms with E-state index in [-0.39, 0.29) is 0 Å². The average Bonchev–Trinajstić information content (AvgIpc) is 2.31. The van der Waals surface area contributed by atoms with Gasteiger partial charge in [-0.25, -0.2) is 0 Å². The lowest BCUT2D eigenvalue weighted by atomic mass is 9.94. The van der Waals surface area contributed by atoms with Crippen molar-refractivity contribution >= 4 is 15.9 Å². The van der Waals surface area contributed by atoms with Crippen LogP contribution in [0, 0.1) is 5.92 Å². The zero-order valence-electron chi connectivity index (χ0n) is 11.1. The van der Waals surface area contributed by atoms with Crippen molar-refractivity contribution in [3.8, 4) is 0 Å². The van der Waals surface area contributed by atoms with E-state index >= 15 is 0 Å². The van der Waals surface area contributed by atoms with Gasteiger partial charge in [-0.1, -0.05) is 36.7 Å². The molecule has 0 bridgehead atoms. The van der Waals surface area contributed by atoms with Crippen molar-refractivity contribution in [1.29, 1.82) is 0 Å². The van der Waals surface area contributed by atoms with Crippen LogP contribution in [0.15, 0.2) is 0 Å². The molecule has 1 fully saturated rings. The third kappa shape index (κ3) is 4.72. The zero-order chi connectivity index (χ0) is 12.0. The second-order valence-electron chi connectivity index (χ2n) is 4.88. The highest BCUT2D eigenvalue weighted by molar-refractivity contribution is 9.09. The van der Waals surface area contributed by atoms with E-state index < -0.39 is 0 Å². The summed E-state index contributed by atoms with van der Waals surface area (Å²) >= 11 is 3.71. The molecule has 16 heavy (non-hydrogen) atoms. The Labute approximate surface area is 109 Å². The monoisotopic (exact) mass is 290 g/mol. The van der Waals surface area contributed by atoms with Crippen LogP contribution in [-0.4, -0.2) is 53.9 Å². The Hall–Kier alpha value is 0.400. The minimum Gasteiger partial charge on any atom is -0.303 e. The summed E-state index contributed by atoms with van der Waals surface area (Å²) in [6.45, 7) is 14.2. The van der Waals surface area contributed by atoms with Crippen molar-refractivity contribution in [2.75, 3.05) is 39.3 Å². The summed E-state index contributed by atoms with van der Waals surface area (Å²) in [5.41, 5.74) is 0. The van der Waals surface area contributed by atoms with Gasteiger partial charge in [0.15, 0.2) is 0 Å². The van der Waals surface area contributed by atoms with E-state index in [1.54, 1.807) is 0 Å². The molecule has 1 atom stereocenters. The third-order valence-electron chi connectivity index (χ3n) is 3.91. The molecule has 1 rings (SSSR count). The first-order valence-electron chi connectivity index (χ1n) is 6.76. The molecule has 1 heterocycles. The fourth-order valence-corrected chi connectivity index (χ4v) is 2.99. The van der Waals surface area contributed by atoms with Gasteiger partial charge in [-0.15, -0.1) is 0 Å². The Morgan fingerprint density at radius 3 is 2.25 bits per heavy atom. The molecule has 2 nitrogen and oxygen atoms in total. The summed E-state index contributed by atoms with van der Waals surface area (Å²) < 4.78 is 0. The first-order valence-corrected chi connectivity index (χ1v) is 7.67. The van der Waals surface area contributed by atoms with Crippen LogP contribution in [0.4, 0.5) is 0 Å². The van der Waals surface area contributed by atoms with Gasteiger partial charge >= 0.3 is 0 Å². The lowest BCUT2D eigenvalue weighted by Gasteiger charge is -2.34. The number of hydrogen-bond donors (Lipinski definition) is 0. The number of likely N-dealkylation sites (tertiary alicyclic amines) is 1. The van der Waals surface area contributed by atoms with E-state index in [2.05, 4.69) is 46.5 Å². The minimum absolute atomic E-state index is 0.692. The van der Waals surface area contributed by atoms with Crippen molar-refractivity contribution in [1.82, 2.24) is 9.80 Å². The highest BCUT2D eigenvalue weighted by Gasteiger charge is 2.22. The molecule has 0 saturated carbocycles. The summed E-state index contributed by atoms with van der Waals surface area (Å²) in [5, 5.41) is 0. The van der Waals surface area contributed by atoms with Gasteiger partial charge in [-0.3, -0.25) is 0 Å². The molecule has 0 aromatic carbocycles. The van der Waals surface area contributed by atoms with Crippen molar-refractivity contribution in [2.45, 2.75) is 38.4 Å². The molecule has 0 aromatic heterocycles. The first kappa shape index (κ1) is 14.5. The van der Waals surface area contributed by atoms with Crippen LogP contribution in [0.2, 0.25) is 0 Å². The Morgan fingerprint density at radius 1 is 1.25 bits per heavy atom. The van der Waals surface area contributed by atoms with E-state index in [4.69, 9.17) is 0 Å². The maximum absolute atomic E-state index is 3.71. The lowest BCUT2D eigenvalue weighted by Crippen LogP contribution is -2.40. The molecule has 3 heteroatoms. The van der Waals surface area contributed by atoms with Crippen LogP contribution in [0.3, 0.4) is 0 Å². The fraction of sp³-hybridized carbons (Fsp3) is 1.00. The van der Waals surface area contributed by atoms with E-state index in [0.29, 0.717) is 4.83 Å². The van der Waals surface area contributed by atoms with E-state index in [1.807, 2.05) is 0 Å². The molecule has 0 aliphatic carbocycles.